The van der Waals surface area contributed by atoms with Crippen LogP contribution < -0.4 is 0 Å². The topological polar surface area (TPSA) is 42.0 Å². The summed E-state index contributed by atoms with van der Waals surface area (Å²) in [5.74, 6) is 0.683. The molecule has 0 N–H and O–H groups in total. The van der Waals surface area contributed by atoms with Crippen LogP contribution in [-0.2, 0) is 9.47 Å². The van der Waals surface area contributed by atoms with E-state index in [1.54, 1.807) is 0 Å². The van der Waals surface area contributed by atoms with Gasteiger partial charge in [0, 0.05) is 39.3 Å². The number of rotatable bonds is 3. The average Bonchev–Trinajstić information content (AvgIpc) is 2.46. The van der Waals surface area contributed by atoms with Gasteiger partial charge in [-0.1, -0.05) is 0 Å². The monoisotopic (exact) mass is 326 g/mol. The minimum Gasteiger partial charge on any atom is -0.444 e. The molecule has 23 heavy (non-hydrogen) atoms. The lowest BCUT2D eigenvalue weighted by Crippen LogP contribution is -2.49. The molecule has 0 unspecified atom stereocenters. The normalized spacial score (nSPS) is 28.0. The van der Waals surface area contributed by atoms with Gasteiger partial charge in [-0.25, -0.2) is 4.79 Å². The molecule has 2 atom stereocenters. The van der Waals surface area contributed by atoms with Crippen LogP contribution in [0.4, 0.5) is 4.79 Å². The van der Waals surface area contributed by atoms with Crippen molar-refractivity contribution < 1.29 is 14.3 Å². The first kappa shape index (κ1) is 18.5. The minimum absolute atomic E-state index is 0.163. The maximum Gasteiger partial charge on any atom is 0.410 e. The van der Waals surface area contributed by atoms with Crippen LogP contribution in [0.3, 0.4) is 0 Å². The molecule has 2 aliphatic heterocycles. The predicted octanol–water partition coefficient (Wildman–Crippen LogP) is 3.13. The number of piperidine rings is 2. The van der Waals surface area contributed by atoms with Crippen molar-refractivity contribution in [2.24, 2.45) is 5.92 Å². The molecule has 134 valence electrons. The summed E-state index contributed by atoms with van der Waals surface area (Å²) in [7, 11) is 1.81. The number of amides is 1. The molecule has 0 radical (unpaired) electrons. The number of carbonyl (C=O) groups excluding carboxylic acids is 1. The van der Waals surface area contributed by atoms with Crippen LogP contribution in [0.5, 0.6) is 0 Å². The Labute approximate surface area is 141 Å². The summed E-state index contributed by atoms with van der Waals surface area (Å²) in [5, 5.41) is 0. The van der Waals surface area contributed by atoms with E-state index in [1.807, 2.05) is 32.8 Å². The van der Waals surface area contributed by atoms with E-state index in [9.17, 15) is 4.79 Å². The summed E-state index contributed by atoms with van der Waals surface area (Å²) < 4.78 is 11.0. The van der Waals surface area contributed by atoms with E-state index in [0.29, 0.717) is 12.0 Å². The van der Waals surface area contributed by atoms with Crippen LogP contribution in [0.15, 0.2) is 0 Å². The highest BCUT2D eigenvalue weighted by atomic mass is 16.6. The first-order valence-corrected chi connectivity index (χ1v) is 9.03. The predicted molar refractivity (Wildman–Crippen MR) is 91.6 cm³/mol. The third kappa shape index (κ3) is 5.64. The lowest BCUT2D eigenvalue weighted by Gasteiger charge is -2.41. The van der Waals surface area contributed by atoms with Gasteiger partial charge in [0.2, 0.25) is 0 Å². The zero-order valence-corrected chi connectivity index (χ0v) is 15.5. The highest BCUT2D eigenvalue weighted by Crippen LogP contribution is 2.26. The third-order valence-electron chi connectivity index (χ3n) is 5.00. The fraction of sp³-hybridized carbons (Fsp3) is 0.944. The van der Waals surface area contributed by atoms with Crippen molar-refractivity contribution in [1.29, 1.82) is 0 Å². The summed E-state index contributed by atoms with van der Waals surface area (Å²) >= 11 is 0. The molecule has 1 amide bonds. The Morgan fingerprint density at radius 3 is 2.30 bits per heavy atom. The lowest BCUT2D eigenvalue weighted by molar-refractivity contribution is 0.00113. The molecular weight excluding hydrogens is 292 g/mol. The molecule has 5 heteroatoms. The van der Waals surface area contributed by atoms with Crippen molar-refractivity contribution in [2.45, 2.75) is 71.1 Å². The van der Waals surface area contributed by atoms with Crippen molar-refractivity contribution in [1.82, 2.24) is 9.80 Å². The lowest BCUT2D eigenvalue weighted by atomic mass is 9.90. The summed E-state index contributed by atoms with van der Waals surface area (Å²) in [4.78, 5) is 16.7. The van der Waals surface area contributed by atoms with Crippen LogP contribution in [0.25, 0.3) is 0 Å². The van der Waals surface area contributed by atoms with E-state index in [1.165, 1.54) is 0 Å². The van der Waals surface area contributed by atoms with Gasteiger partial charge >= 0.3 is 6.09 Å². The van der Waals surface area contributed by atoms with Gasteiger partial charge in [-0.2, -0.15) is 0 Å². The second-order valence-electron chi connectivity index (χ2n) is 8.15. The third-order valence-corrected chi connectivity index (χ3v) is 5.00. The summed E-state index contributed by atoms with van der Waals surface area (Å²) in [5.41, 5.74) is -0.417. The first-order chi connectivity index (χ1) is 10.8. The van der Waals surface area contributed by atoms with Crippen molar-refractivity contribution in [2.75, 3.05) is 33.3 Å². The molecule has 0 bridgehead atoms. The average molecular weight is 326 g/mol. The van der Waals surface area contributed by atoms with Gasteiger partial charge < -0.3 is 19.3 Å². The van der Waals surface area contributed by atoms with Crippen LogP contribution in [0.1, 0.15) is 53.4 Å². The van der Waals surface area contributed by atoms with Gasteiger partial charge in [0.05, 0.1) is 6.10 Å². The molecule has 2 rings (SSSR count). The summed E-state index contributed by atoms with van der Waals surface area (Å²) in [6.45, 7) is 12.2. The summed E-state index contributed by atoms with van der Waals surface area (Å²) in [6.07, 6.45) is 4.71. The van der Waals surface area contributed by atoms with E-state index in [-0.39, 0.29) is 12.1 Å². The van der Waals surface area contributed by atoms with Gasteiger partial charge in [0.15, 0.2) is 0 Å². The van der Waals surface area contributed by atoms with Crippen LogP contribution in [-0.4, -0.2) is 66.9 Å². The number of hydrogen-bond acceptors (Lipinski definition) is 4. The van der Waals surface area contributed by atoms with E-state index in [0.717, 1.165) is 51.9 Å². The molecule has 0 saturated carbocycles. The number of likely N-dealkylation sites (tertiary alicyclic amines) is 2. The molecule has 2 heterocycles. The molecule has 0 spiro atoms. The quantitative estimate of drug-likeness (QED) is 0.799. The Bertz CT molecular complexity index is 386. The number of ether oxygens (including phenoxy) is 2. The van der Waals surface area contributed by atoms with E-state index < -0.39 is 5.60 Å². The van der Waals surface area contributed by atoms with Crippen LogP contribution in [0.2, 0.25) is 0 Å². The Balaban J connectivity index is 1.76. The van der Waals surface area contributed by atoms with Gasteiger partial charge in [-0.3, -0.25) is 0 Å². The van der Waals surface area contributed by atoms with E-state index in [4.69, 9.17) is 9.47 Å². The highest BCUT2D eigenvalue weighted by Gasteiger charge is 2.32. The molecular formula is C18H34N2O3. The van der Waals surface area contributed by atoms with Crippen molar-refractivity contribution in [3.63, 3.8) is 0 Å². The van der Waals surface area contributed by atoms with Gasteiger partial charge in [0.25, 0.3) is 0 Å². The fourth-order valence-electron chi connectivity index (χ4n) is 3.72. The van der Waals surface area contributed by atoms with Gasteiger partial charge in [-0.15, -0.1) is 0 Å². The number of carbonyl (C=O) groups is 1. The molecule has 2 saturated heterocycles. The second-order valence-corrected chi connectivity index (χ2v) is 8.15. The maximum atomic E-state index is 12.3. The standard InChI is InChI=1S/C18H34N2O3/c1-14-12-15(13-19-9-7-16(22-5)8-10-19)6-11-20(14)17(21)23-18(2,3)4/h14-16H,6-13H2,1-5H3/t14-,15-/m0/s1. The smallest absolute Gasteiger partial charge is 0.410 e. The number of nitrogens with zero attached hydrogens (tertiary/aromatic N) is 2. The Morgan fingerprint density at radius 1 is 1.13 bits per heavy atom. The number of hydrogen-bond donors (Lipinski definition) is 0. The minimum atomic E-state index is -0.417. The Hall–Kier alpha value is -0.810. The molecule has 2 fully saturated rings. The first-order valence-electron chi connectivity index (χ1n) is 9.03. The van der Waals surface area contributed by atoms with E-state index >= 15 is 0 Å². The SMILES string of the molecule is COC1CCN(C[C@H]2CCN(C(=O)OC(C)(C)C)[C@@H](C)C2)CC1. The highest BCUT2D eigenvalue weighted by molar-refractivity contribution is 5.68. The van der Waals surface area contributed by atoms with Crippen LogP contribution >= 0.6 is 0 Å². The van der Waals surface area contributed by atoms with Gasteiger partial charge in [0.1, 0.15) is 5.60 Å². The molecule has 0 aromatic carbocycles. The summed E-state index contributed by atoms with van der Waals surface area (Å²) in [6, 6.07) is 0.264. The van der Waals surface area contributed by atoms with Crippen molar-refractivity contribution >= 4 is 6.09 Å². The zero-order valence-electron chi connectivity index (χ0n) is 15.5. The molecule has 0 aliphatic carbocycles. The van der Waals surface area contributed by atoms with Crippen molar-refractivity contribution in [3.8, 4) is 0 Å². The fourth-order valence-corrected chi connectivity index (χ4v) is 3.72. The Kier molecular flexibility index (Phi) is 6.32. The largest absolute Gasteiger partial charge is 0.444 e. The van der Waals surface area contributed by atoms with Crippen LogP contribution in [0, 0.1) is 5.92 Å². The second kappa shape index (κ2) is 7.84. The maximum absolute atomic E-state index is 12.3. The van der Waals surface area contributed by atoms with Crippen molar-refractivity contribution in [3.05, 3.63) is 0 Å². The van der Waals surface area contributed by atoms with E-state index in [2.05, 4.69) is 11.8 Å². The van der Waals surface area contributed by atoms with Gasteiger partial charge in [-0.05, 0) is 59.3 Å². The molecule has 0 aromatic rings. The molecule has 0 aromatic heterocycles. The number of methoxy groups -OCH3 is 1. The zero-order chi connectivity index (χ0) is 17.0. The molecule has 2 aliphatic rings. The molecule has 5 nitrogen and oxygen atoms in total. The Morgan fingerprint density at radius 2 is 1.78 bits per heavy atom.